The van der Waals surface area contributed by atoms with Gasteiger partial charge in [-0.15, -0.1) is 0 Å². The summed E-state index contributed by atoms with van der Waals surface area (Å²) in [6, 6.07) is 9.35. The van der Waals surface area contributed by atoms with Crippen molar-refractivity contribution in [2.24, 2.45) is 5.73 Å². The number of rotatable bonds is 10. The fraction of sp³-hybridized carbons (Fsp3) is 0.350. The van der Waals surface area contributed by atoms with Crippen molar-refractivity contribution in [3.63, 3.8) is 0 Å². The number of sulfonamides is 2. The topological polar surface area (TPSA) is 135 Å². The third kappa shape index (κ3) is 5.25. The van der Waals surface area contributed by atoms with E-state index < -0.39 is 32.1 Å². The fourth-order valence-electron chi connectivity index (χ4n) is 2.89. The molecule has 3 N–H and O–H groups in total. The minimum Gasteiger partial charge on any atom is -0.480 e. The predicted molar refractivity (Wildman–Crippen MR) is 113 cm³/mol. The zero-order chi connectivity index (χ0) is 22.5. The van der Waals surface area contributed by atoms with Crippen LogP contribution in [0.25, 0.3) is 0 Å². The van der Waals surface area contributed by atoms with Crippen LogP contribution in [0.2, 0.25) is 0 Å². The molecule has 0 fully saturated rings. The summed E-state index contributed by atoms with van der Waals surface area (Å²) in [7, 11) is -9.36. The molecule has 0 aromatic heterocycles. The highest BCUT2D eigenvalue weighted by atomic mass is 32.3. The maximum atomic E-state index is 13.4. The van der Waals surface area contributed by atoms with Crippen molar-refractivity contribution in [1.29, 1.82) is 0 Å². The molecule has 10 heteroatoms. The Morgan fingerprint density at radius 3 is 1.60 bits per heavy atom. The van der Waals surface area contributed by atoms with Crippen LogP contribution in [0.1, 0.15) is 30.4 Å². The Morgan fingerprint density at radius 1 is 0.867 bits per heavy atom. The number of unbranched alkanes of at least 4 members (excludes halogenated alkanes) is 1. The second-order valence-electron chi connectivity index (χ2n) is 7.00. The van der Waals surface area contributed by atoms with E-state index in [1.165, 1.54) is 48.5 Å². The first kappa shape index (κ1) is 24.0. The lowest BCUT2D eigenvalue weighted by Gasteiger charge is -2.27. The highest BCUT2D eigenvalue weighted by molar-refractivity contribution is 8.04. The second kappa shape index (κ2) is 9.69. The molecule has 0 heterocycles. The van der Waals surface area contributed by atoms with E-state index in [2.05, 4.69) is 0 Å². The molecule has 0 aliphatic heterocycles. The molecule has 1 atom stereocenters. The number of hydrogen-bond donors (Lipinski definition) is 2. The van der Waals surface area contributed by atoms with E-state index in [0.29, 0.717) is 6.42 Å². The van der Waals surface area contributed by atoms with Gasteiger partial charge in [0.05, 0.1) is 9.79 Å². The molecular formula is C20H26N2O6S2. The zero-order valence-corrected chi connectivity index (χ0v) is 18.5. The number of carboxylic acids is 1. The van der Waals surface area contributed by atoms with Crippen LogP contribution in [0.5, 0.6) is 0 Å². The van der Waals surface area contributed by atoms with Gasteiger partial charge in [-0.1, -0.05) is 39.1 Å². The number of aliphatic carboxylic acids is 1. The zero-order valence-electron chi connectivity index (χ0n) is 16.9. The van der Waals surface area contributed by atoms with Crippen LogP contribution in [0.4, 0.5) is 0 Å². The number of nitrogens with zero attached hydrogens (tertiary/aromatic N) is 1. The summed E-state index contributed by atoms with van der Waals surface area (Å²) in [5.74, 6) is -1.54. The third-order valence-electron chi connectivity index (χ3n) is 4.58. The molecule has 0 aliphatic carbocycles. The molecule has 0 radical (unpaired) electrons. The Kier molecular flexibility index (Phi) is 7.75. The first-order chi connectivity index (χ1) is 14.0. The van der Waals surface area contributed by atoms with Crippen LogP contribution in [0.15, 0.2) is 58.3 Å². The normalized spacial score (nSPS) is 13.3. The molecule has 164 valence electrons. The number of carbonyl (C=O) groups is 1. The minimum atomic E-state index is -4.68. The molecule has 2 aromatic rings. The first-order valence-corrected chi connectivity index (χ1v) is 12.3. The Balaban J connectivity index is 2.68. The maximum Gasteiger partial charge on any atom is 0.323 e. The summed E-state index contributed by atoms with van der Waals surface area (Å²) in [5.41, 5.74) is 7.01. The third-order valence-corrected chi connectivity index (χ3v) is 8.95. The van der Waals surface area contributed by atoms with Crippen molar-refractivity contribution in [1.82, 2.24) is 3.71 Å². The van der Waals surface area contributed by atoms with Crippen LogP contribution in [-0.2, 0) is 24.8 Å². The molecule has 0 bridgehead atoms. The van der Waals surface area contributed by atoms with E-state index in [-0.39, 0.29) is 32.9 Å². The predicted octanol–water partition coefficient (Wildman–Crippen LogP) is 2.27. The average Bonchev–Trinajstić information content (AvgIpc) is 2.67. The van der Waals surface area contributed by atoms with Gasteiger partial charge in [-0.05, 0) is 63.9 Å². The Labute approximate surface area is 177 Å². The number of hydrogen-bond acceptors (Lipinski definition) is 6. The molecule has 0 unspecified atom stereocenters. The van der Waals surface area contributed by atoms with E-state index in [1.54, 1.807) is 13.8 Å². The van der Waals surface area contributed by atoms with Gasteiger partial charge in [0, 0.05) is 0 Å². The highest BCUT2D eigenvalue weighted by Gasteiger charge is 2.45. The van der Waals surface area contributed by atoms with Gasteiger partial charge in [-0.2, -0.15) is 0 Å². The molecular weight excluding hydrogens is 428 g/mol. The average molecular weight is 455 g/mol. The number of aryl methyl sites for hydroxylation is 2. The Hall–Kier alpha value is -2.27. The smallest absolute Gasteiger partial charge is 0.323 e. The summed E-state index contributed by atoms with van der Waals surface area (Å²) in [6.07, 6.45) is 0.506. The quantitative estimate of drug-likeness (QED) is 0.526. The summed E-state index contributed by atoms with van der Waals surface area (Å²) in [5, 5.41) is 9.75. The van der Waals surface area contributed by atoms with Crippen LogP contribution < -0.4 is 5.73 Å². The molecule has 0 saturated carbocycles. The van der Waals surface area contributed by atoms with Gasteiger partial charge in [0.1, 0.15) is 6.04 Å². The molecule has 8 nitrogen and oxygen atoms in total. The summed E-state index contributed by atoms with van der Waals surface area (Å²) in [4.78, 5) is 11.4. The Morgan fingerprint density at radius 2 is 1.27 bits per heavy atom. The lowest BCUT2D eigenvalue weighted by atomic mass is 10.1. The van der Waals surface area contributed by atoms with Gasteiger partial charge in [0.15, 0.2) is 0 Å². The summed E-state index contributed by atoms with van der Waals surface area (Å²) >= 11 is 0. The lowest BCUT2D eigenvalue weighted by molar-refractivity contribution is -0.140. The van der Waals surface area contributed by atoms with Crippen LogP contribution in [0, 0.1) is 13.8 Å². The summed E-state index contributed by atoms with van der Waals surface area (Å²) in [6.45, 7) is 3.79. The van der Waals surface area contributed by atoms with E-state index >= 15 is 0 Å². The molecule has 0 saturated heterocycles. The van der Waals surface area contributed by atoms with E-state index in [9.17, 15) is 26.7 Å². The van der Waals surface area contributed by atoms with Crippen molar-refractivity contribution in [2.45, 2.75) is 48.9 Å². The van der Waals surface area contributed by atoms with Crippen LogP contribution >= 0.6 is 0 Å². The van der Waals surface area contributed by atoms with E-state index in [1.807, 2.05) is 0 Å². The lowest BCUT2D eigenvalue weighted by Crippen LogP contribution is -2.48. The van der Waals surface area contributed by atoms with Crippen LogP contribution in [0.3, 0.4) is 0 Å². The van der Waals surface area contributed by atoms with E-state index in [0.717, 1.165) is 11.1 Å². The first-order valence-electron chi connectivity index (χ1n) is 9.37. The number of carboxylic acid groups (broad SMARTS) is 1. The van der Waals surface area contributed by atoms with Crippen molar-refractivity contribution < 1.29 is 26.7 Å². The van der Waals surface area contributed by atoms with Gasteiger partial charge >= 0.3 is 5.97 Å². The Bertz CT molecular complexity index is 1000. The van der Waals surface area contributed by atoms with Gasteiger partial charge in [0.2, 0.25) is 0 Å². The molecule has 0 spiro atoms. The monoisotopic (exact) mass is 454 g/mol. The van der Waals surface area contributed by atoms with Crippen molar-refractivity contribution in [3.05, 3.63) is 59.7 Å². The van der Waals surface area contributed by atoms with Crippen molar-refractivity contribution >= 4 is 26.0 Å². The number of nitrogens with two attached hydrogens (primary N) is 1. The SMILES string of the molecule is Cc1ccc(S(=O)(=O)N([C@@H](CCCCN)C(=O)O)S(=O)(=O)c2ccc(C)cc2)cc1. The standard InChI is InChI=1S/C20H26N2O6S2/c1-15-6-10-17(11-7-15)29(25,26)22(19(20(23)24)5-3-4-14-21)30(27,28)18-12-8-16(2)9-13-18/h6-13,19H,3-5,14,21H2,1-2H3,(H,23,24)/t19-/m0/s1. The minimum absolute atomic E-state index is 0.133. The molecule has 2 aromatic carbocycles. The molecule has 30 heavy (non-hydrogen) atoms. The summed E-state index contributed by atoms with van der Waals surface area (Å²) < 4.78 is 53.6. The van der Waals surface area contributed by atoms with Gasteiger partial charge in [-0.3, -0.25) is 4.79 Å². The van der Waals surface area contributed by atoms with Gasteiger partial charge in [0.25, 0.3) is 20.0 Å². The maximum absolute atomic E-state index is 13.4. The second-order valence-corrected chi connectivity index (χ2v) is 10.9. The number of benzene rings is 2. The van der Waals surface area contributed by atoms with Crippen LogP contribution in [-0.4, -0.2) is 44.2 Å². The van der Waals surface area contributed by atoms with Gasteiger partial charge in [-0.25, -0.2) is 16.8 Å². The van der Waals surface area contributed by atoms with E-state index in [4.69, 9.17) is 5.73 Å². The molecule has 0 aliphatic rings. The van der Waals surface area contributed by atoms with Gasteiger partial charge < -0.3 is 10.8 Å². The van der Waals surface area contributed by atoms with Crippen molar-refractivity contribution in [2.75, 3.05) is 6.54 Å². The molecule has 0 amide bonds. The largest absolute Gasteiger partial charge is 0.480 e. The van der Waals surface area contributed by atoms with Crippen molar-refractivity contribution in [3.8, 4) is 0 Å². The highest BCUT2D eigenvalue weighted by Crippen LogP contribution is 2.29. The molecule has 2 rings (SSSR count). The fourth-order valence-corrected chi connectivity index (χ4v) is 6.88.